The summed E-state index contributed by atoms with van der Waals surface area (Å²) in [6.45, 7) is 0. The number of fused-ring (bicyclic) bond motifs is 1. The molecule has 1 aliphatic heterocycles. The van der Waals surface area contributed by atoms with Gasteiger partial charge in [0.15, 0.2) is 16.7 Å². The Kier molecular flexibility index (Phi) is 9.54. The number of benzene rings is 2. The fraction of sp³-hybridized carbons (Fsp3) is 0.320. The maximum atomic E-state index is 13.1. The Morgan fingerprint density at radius 3 is 2.43 bits per heavy atom. The van der Waals surface area contributed by atoms with Crippen molar-refractivity contribution in [3.8, 4) is 5.75 Å². The van der Waals surface area contributed by atoms with E-state index in [9.17, 15) is 8.42 Å². The zero-order valence-corrected chi connectivity index (χ0v) is 25.9. The van der Waals surface area contributed by atoms with Gasteiger partial charge in [0.25, 0.3) is 10.0 Å². The molecule has 0 unspecified atom stereocenters. The van der Waals surface area contributed by atoms with Crippen LogP contribution in [0.5, 0.6) is 5.75 Å². The molecule has 12 heteroatoms. The van der Waals surface area contributed by atoms with Crippen molar-refractivity contribution in [2.75, 3.05) is 28.7 Å². The summed E-state index contributed by atoms with van der Waals surface area (Å²) >= 11 is 2.00. The zero-order chi connectivity index (χ0) is 25.1. The minimum atomic E-state index is -3.97. The Morgan fingerprint density at radius 2 is 1.78 bits per heavy atom. The van der Waals surface area contributed by atoms with Crippen molar-refractivity contribution in [1.29, 1.82) is 0 Å². The summed E-state index contributed by atoms with van der Waals surface area (Å²) < 4.78 is 35.8. The van der Waals surface area contributed by atoms with Crippen LogP contribution < -0.4 is 14.8 Å². The van der Waals surface area contributed by atoms with Crippen molar-refractivity contribution in [2.24, 2.45) is 13.0 Å². The van der Waals surface area contributed by atoms with E-state index in [1.54, 1.807) is 24.8 Å². The molecule has 1 fully saturated rings. The molecule has 1 aliphatic rings. The van der Waals surface area contributed by atoms with E-state index in [4.69, 9.17) is 9.72 Å². The number of hydrogen-bond donors (Lipinski definition) is 2. The van der Waals surface area contributed by atoms with Gasteiger partial charge >= 0.3 is 0 Å². The predicted molar refractivity (Wildman–Crippen MR) is 149 cm³/mol. The van der Waals surface area contributed by atoms with E-state index in [0.29, 0.717) is 28.5 Å². The quantitative estimate of drug-likeness (QED) is 0.307. The maximum Gasteiger partial charge on any atom is 0.282 e. The topological polar surface area (TPSA) is 111 Å². The van der Waals surface area contributed by atoms with Crippen molar-refractivity contribution in [2.45, 2.75) is 24.3 Å². The first-order valence-electron chi connectivity index (χ1n) is 11.7. The van der Waals surface area contributed by atoms with Gasteiger partial charge < -0.3 is 14.6 Å². The number of nitrogens with zero attached hydrogens (tertiary/aromatic N) is 4. The fourth-order valence-corrected chi connectivity index (χ4v) is 6.43. The number of thioether (sulfide) groups is 1. The van der Waals surface area contributed by atoms with Crippen LogP contribution in [0.3, 0.4) is 0 Å². The molecular formula is C25H28KN6O3S2. The molecule has 9 nitrogen and oxygen atoms in total. The van der Waals surface area contributed by atoms with Gasteiger partial charge in [0, 0.05) is 76.4 Å². The molecule has 0 aliphatic carbocycles. The van der Waals surface area contributed by atoms with E-state index in [0.717, 1.165) is 17.7 Å². The Hall–Kier alpha value is -1.67. The number of sulfonamides is 1. The van der Waals surface area contributed by atoms with Crippen LogP contribution in [0.15, 0.2) is 60.0 Å². The van der Waals surface area contributed by atoms with Gasteiger partial charge in [0.1, 0.15) is 5.75 Å². The summed E-state index contributed by atoms with van der Waals surface area (Å²) in [5, 5.41) is 3.27. The number of imidazole rings is 1. The van der Waals surface area contributed by atoms with E-state index in [1.807, 2.05) is 42.1 Å². The van der Waals surface area contributed by atoms with Gasteiger partial charge in [0.05, 0.1) is 24.5 Å². The average Bonchev–Trinajstić information content (AvgIpc) is 3.33. The molecule has 0 bridgehead atoms. The van der Waals surface area contributed by atoms with Crippen molar-refractivity contribution < 1.29 is 13.2 Å². The number of aromatic nitrogens is 4. The molecule has 4 aromatic rings. The Morgan fingerprint density at radius 1 is 1.08 bits per heavy atom. The predicted octanol–water partition coefficient (Wildman–Crippen LogP) is 4.22. The van der Waals surface area contributed by atoms with Gasteiger partial charge in [-0.15, -0.1) is 0 Å². The molecule has 2 aromatic carbocycles. The molecule has 5 rings (SSSR count). The van der Waals surface area contributed by atoms with Crippen LogP contribution in [0, 0.1) is 5.92 Å². The molecule has 0 saturated carbocycles. The molecule has 189 valence electrons. The van der Waals surface area contributed by atoms with Crippen LogP contribution in [0.1, 0.15) is 18.4 Å². The first-order valence-corrected chi connectivity index (χ1v) is 14.3. The summed E-state index contributed by atoms with van der Waals surface area (Å²) in [5.41, 5.74) is 3.17. The van der Waals surface area contributed by atoms with Gasteiger partial charge in [-0.1, -0.05) is 18.2 Å². The van der Waals surface area contributed by atoms with Crippen LogP contribution in [-0.2, 0) is 23.5 Å². The second kappa shape index (κ2) is 12.5. The third kappa shape index (κ3) is 6.86. The minimum Gasteiger partial charge on any atom is -0.497 e. The fourth-order valence-electron chi connectivity index (χ4n) is 4.23. The van der Waals surface area contributed by atoms with Crippen molar-refractivity contribution in [3.05, 3.63) is 60.6 Å². The van der Waals surface area contributed by atoms with Crippen LogP contribution in [0.4, 0.5) is 17.3 Å². The van der Waals surface area contributed by atoms with Crippen molar-refractivity contribution >= 4 is 102 Å². The Labute approximate surface area is 263 Å². The Balaban J connectivity index is 0.00000320. The molecule has 0 amide bonds. The van der Waals surface area contributed by atoms with Crippen LogP contribution in [0.2, 0.25) is 0 Å². The van der Waals surface area contributed by atoms with Gasteiger partial charge in [-0.3, -0.25) is 4.72 Å². The van der Waals surface area contributed by atoms with Gasteiger partial charge in [-0.05, 0) is 60.4 Å². The molecule has 1 saturated heterocycles. The number of ether oxygens (including phenoxy) is 1. The molecule has 3 heterocycles. The molecule has 0 spiro atoms. The normalized spacial score (nSPS) is 14.2. The summed E-state index contributed by atoms with van der Waals surface area (Å²) in [6, 6.07) is 13.3. The monoisotopic (exact) mass is 563 g/mol. The van der Waals surface area contributed by atoms with Crippen molar-refractivity contribution in [1.82, 2.24) is 19.5 Å². The average molecular weight is 564 g/mol. The maximum absolute atomic E-state index is 13.1. The zero-order valence-electron chi connectivity index (χ0n) is 21.1. The molecule has 2 aromatic heterocycles. The number of hydrogen-bond acceptors (Lipinski definition) is 8. The number of aryl methyl sites for hydroxylation is 1. The van der Waals surface area contributed by atoms with E-state index in [1.165, 1.54) is 36.9 Å². The van der Waals surface area contributed by atoms with Gasteiger partial charge in [-0.2, -0.15) is 20.2 Å². The van der Waals surface area contributed by atoms with Crippen LogP contribution in [-0.4, -0.2) is 97.9 Å². The minimum absolute atomic E-state index is 0. The second-order valence-electron chi connectivity index (χ2n) is 8.80. The van der Waals surface area contributed by atoms with Gasteiger partial charge in [0.2, 0.25) is 0 Å². The first-order chi connectivity index (χ1) is 17.4. The number of rotatable bonds is 8. The summed E-state index contributed by atoms with van der Waals surface area (Å²) in [5.74, 6) is 4.07. The third-order valence-electron chi connectivity index (χ3n) is 6.18. The first kappa shape index (κ1) is 28.3. The van der Waals surface area contributed by atoms with Crippen LogP contribution in [0.25, 0.3) is 11.0 Å². The van der Waals surface area contributed by atoms with E-state index in [-0.39, 0.29) is 62.2 Å². The van der Waals surface area contributed by atoms with E-state index < -0.39 is 10.0 Å². The van der Waals surface area contributed by atoms with Gasteiger partial charge in [-0.25, -0.2) is 15.0 Å². The SMILES string of the molecule is COc1ccc(CC2CCSCC2)c(Nc2nc3ccccc3nc2NS(=O)(=O)c2cn(C)cn2)c1.[K]. The Bertz CT molecular complexity index is 1490. The molecule has 2 N–H and O–H groups in total. The largest absolute Gasteiger partial charge is 0.497 e. The van der Waals surface area contributed by atoms with Crippen LogP contribution >= 0.6 is 11.8 Å². The third-order valence-corrected chi connectivity index (χ3v) is 8.45. The number of nitrogens with one attached hydrogen (secondary N) is 2. The molecule has 37 heavy (non-hydrogen) atoms. The smallest absolute Gasteiger partial charge is 0.282 e. The van der Waals surface area contributed by atoms with E-state index >= 15 is 0 Å². The summed E-state index contributed by atoms with van der Waals surface area (Å²) in [7, 11) is -0.636. The van der Waals surface area contributed by atoms with Crippen molar-refractivity contribution in [3.63, 3.8) is 0 Å². The number of anilines is 3. The second-order valence-corrected chi connectivity index (χ2v) is 11.7. The van der Waals surface area contributed by atoms with E-state index in [2.05, 4.69) is 26.1 Å². The molecule has 0 atom stereocenters. The molecule has 1 radical (unpaired) electrons. The number of methoxy groups -OCH3 is 1. The number of para-hydroxylation sites is 2. The standard InChI is InChI=1S/C25H28N6O3S2.K/c1-31-15-23(26-16-31)36(32,33)30-25-24(27-20-5-3-4-6-21(20)28-25)29-22-14-19(34-2)8-7-18(22)13-17-9-11-35-12-10-17;/h3-8,14-17H,9-13H2,1-2H3,(H,27,29)(H,28,30);. The molecular weight excluding hydrogens is 536 g/mol. The summed E-state index contributed by atoms with van der Waals surface area (Å²) in [6.07, 6.45) is 6.16. The summed E-state index contributed by atoms with van der Waals surface area (Å²) in [4.78, 5) is 13.3.